The monoisotopic (exact) mass is 127 g/mol. The molecule has 0 saturated carbocycles. The van der Waals surface area contributed by atoms with Gasteiger partial charge in [-0.25, -0.2) is 0 Å². The largest absolute Gasteiger partial charge is 0.343 e. The summed E-state index contributed by atoms with van der Waals surface area (Å²) in [6.45, 7) is 7.64. The second-order valence-electron chi connectivity index (χ2n) is 1.81. The summed E-state index contributed by atoms with van der Waals surface area (Å²) < 4.78 is 0. The molecule has 0 amide bonds. The minimum absolute atomic E-state index is 1.01. The van der Waals surface area contributed by atoms with Crippen molar-refractivity contribution in [2.75, 3.05) is 12.8 Å². The second-order valence-corrected chi connectivity index (χ2v) is 2.86. The van der Waals surface area contributed by atoms with E-state index in [0.29, 0.717) is 0 Å². The molecule has 1 fully saturated rings. The molecule has 0 N–H and O–H groups in total. The second kappa shape index (κ2) is 1.86. The zero-order valence-corrected chi connectivity index (χ0v) is 5.79. The predicted octanol–water partition coefficient (Wildman–Crippen LogP) is 1.65. The van der Waals surface area contributed by atoms with Crippen LogP contribution in [-0.2, 0) is 0 Å². The van der Waals surface area contributed by atoms with Gasteiger partial charge in [0.25, 0.3) is 0 Å². The highest BCUT2D eigenvalue weighted by molar-refractivity contribution is 8.03. The van der Waals surface area contributed by atoms with E-state index in [4.69, 9.17) is 0 Å². The lowest BCUT2D eigenvalue weighted by Gasteiger charge is -2.09. The van der Waals surface area contributed by atoms with Gasteiger partial charge >= 0.3 is 0 Å². The highest BCUT2D eigenvalue weighted by Gasteiger charge is 2.13. The molecule has 0 aromatic heterocycles. The van der Waals surface area contributed by atoms with Crippen LogP contribution in [-0.4, -0.2) is 17.7 Å². The van der Waals surface area contributed by atoms with Crippen molar-refractivity contribution in [3.8, 4) is 0 Å². The summed E-state index contributed by atoms with van der Waals surface area (Å²) >= 11 is 1.75. The average molecular weight is 127 g/mol. The van der Waals surface area contributed by atoms with Crippen LogP contribution in [0.4, 0.5) is 0 Å². The van der Waals surface area contributed by atoms with Gasteiger partial charge in [0, 0.05) is 18.5 Å². The SMILES string of the molecule is C=C1CSC(=C)N1C. The van der Waals surface area contributed by atoms with Gasteiger partial charge in [0.1, 0.15) is 0 Å². The van der Waals surface area contributed by atoms with Crippen molar-refractivity contribution in [1.82, 2.24) is 4.90 Å². The summed E-state index contributed by atoms with van der Waals surface area (Å²) in [6, 6.07) is 0. The molecule has 0 bridgehead atoms. The van der Waals surface area contributed by atoms with Gasteiger partial charge < -0.3 is 4.90 Å². The molecule has 0 atom stereocenters. The van der Waals surface area contributed by atoms with Crippen LogP contribution >= 0.6 is 11.8 Å². The molecule has 1 saturated heterocycles. The van der Waals surface area contributed by atoms with Gasteiger partial charge in [-0.15, -0.1) is 11.8 Å². The smallest absolute Gasteiger partial charge is 0.0677 e. The van der Waals surface area contributed by atoms with Crippen LogP contribution in [0.3, 0.4) is 0 Å². The van der Waals surface area contributed by atoms with E-state index < -0.39 is 0 Å². The summed E-state index contributed by atoms with van der Waals surface area (Å²) in [4.78, 5) is 2.02. The Hall–Kier alpha value is -0.370. The highest BCUT2D eigenvalue weighted by Crippen LogP contribution is 2.30. The van der Waals surface area contributed by atoms with Crippen LogP contribution in [0.5, 0.6) is 0 Å². The lowest BCUT2D eigenvalue weighted by atomic mass is 10.5. The first-order valence-electron chi connectivity index (χ1n) is 2.45. The van der Waals surface area contributed by atoms with E-state index >= 15 is 0 Å². The lowest BCUT2D eigenvalue weighted by Crippen LogP contribution is -2.06. The fraction of sp³-hybridized carbons (Fsp3) is 0.333. The fourth-order valence-corrected chi connectivity index (χ4v) is 1.39. The predicted molar refractivity (Wildman–Crippen MR) is 38.5 cm³/mol. The molecule has 1 rings (SSSR count). The van der Waals surface area contributed by atoms with Gasteiger partial charge in [-0.05, 0) is 0 Å². The van der Waals surface area contributed by atoms with Gasteiger partial charge in [0.15, 0.2) is 0 Å². The summed E-state index contributed by atoms with van der Waals surface area (Å²) in [5, 5.41) is 1.11. The number of thioether (sulfide) groups is 1. The van der Waals surface area contributed by atoms with E-state index in [1.807, 2.05) is 11.9 Å². The molecule has 1 heterocycles. The van der Waals surface area contributed by atoms with Crippen LogP contribution in [0.1, 0.15) is 0 Å². The molecule has 0 aromatic carbocycles. The van der Waals surface area contributed by atoms with Crippen molar-refractivity contribution in [3.63, 3.8) is 0 Å². The maximum absolute atomic E-state index is 3.83. The third-order valence-corrected chi connectivity index (χ3v) is 2.34. The van der Waals surface area contributed by atoms with Crippen molar-refractivity contribution >= 4 is 11.8 Å². The molecule has 1 aliphatic rings. The molecule has 0 spiro atoms. The van der Waals surface area contributed by atoms with E-state index in [-0.39, 0.29) is 0 Å². The third kappa shape index (κ3) is 0.757. The zero-order valence-electron chi connectivity index (χ0n) is 4.98. The Labute approximate surface area is 54.1 Å². The van der Waals surface area contributed by atoms with Gasteiger partial charge in [0.2, 0.25) is 0 Å². The van der Waals surface area contributed by atoms with Gasteiger partial charge in [0.05, 0.1) is 5.03 Å². The van der Waals surface area contributed by atoms with E-state index in [0.717, 1.165) is 16.5 Å². The molecule has 2 heteroatoms. The van der Waals surface area contributed by atoms with Crippen LogP contribution in [0.15, 0.2) is 23.9 Å². The summed E-state index contributed by atoms with van der Waals surface area (Å²) in [7, 11) is 1.99. The van der Waals surface area contributed by atoms with Crippen molar-refractivity contribution in [2.24, 2.45) is 0 Å². The number of hydrogen-bond acceptors (Lipinski definition) is 2. The molecular formula is C6H9NS. The first-order chi connectivity index (χ1) is 3.72. The number of rotatable bonds is 0. The number of nitrogens with zero attached hydrogens (tertiary/aromatic N) is 1. The highest BCUT2D eigenvalue weighted by atomic mass is 32.2. The molecule has 1 aliphatic heterocycles. The van der Waals surface area contributed by atoms with E-state index in [9.17, 15) is 0 Å². The Morgan fingerprint density at radius 2 is 2.25 bits per heavy atom. The molecule has 0 radical (unpaired) electrons. The Bertz CT molecular complexity index is 123. The Morgan fingerprint density at radius 3 is 2.38 bits per heavy atom. The molecule has 44 valence electrons. The molecule has 0 unspecified atom stereocenters. The topological polar surface area (TPSA) is 3.24 Å². The van der Waals surface area contributed by atoms with E-state index in [1.165, 1.54) is 0 Å². The normalized spacial score (nSPS) is 20.4. The summed E-state index contributed by atoms with van der Waals surface area (Å²) in [6.07, 6.45) is 0. The maximum atomic E-state index is 3.83. The van der Waals surface area contributed by atoms with Crippen molar-refractivity contribution in [2.45, 2.75) is 0 Å². The van der Waals surface area contributed by atoms with Crippen LogP contribution in [0.2, 0.25) is 0 Å². The van der Waals surface area contributed by atoms with Crippen LogP contribution < -0.4 is 0 Å². The van der Waals surface area contributed by atoms with E-state index in [2.05, 4.69) is 13.2 Å². The number of hydrogen-bond donors (Lipinski definition) is 0. The fourth-order valence-electron chi connectivity index (χ4n) is 0.537. The average Bonchev–Trinajstić information content (AvgIpc) is 1.98. The van der Waals surface area contributed by atoms with Gasteiger partial charge in [-0.1, -0.05) is 13.2 Å². The first-order valence-corrected chi connectivity index (χ1v) is 3.43. The van der Waals surface area contributed by atoms with Crippen molar-refractivity contribution in [1.29, 1.82) is 0 Å². The molecular weight excluding hydrogens is 118 g/mol. The molecule has 0 aromatic rings. The van der Waals surface area contributed by atoms with Gasteiger partial charge in [-0.3, -0.25) is 0 Å². The third-order valence-electron chi connectivity index (χ3n) is 1.25. The molecule has 1 nitrogen and oxygen atoms in total. The first kappa shape index (κ1) is 5.76. The quantitative estimate of drug-likeness (QED) is 0.487. The van der Waals surface area contributed by atoms with Crippen LogP contribution in [0.25, 0.3) is 0 Å². The van der Waals surface area contributed by atoms with E-state index in [1.54, 1.807) is 11.8 Å². The van der Waals surface area contributed by atoms with Crippen LogP contribution in [0, 0.1) is 0 Å². The standard InChI is InChI=1S/C6H9NS/c1-5-4-8-6(2)7(5)3/h1-2,4H2,3H3. The minimum atomic E-state index is 1.01. The maximum Gasteiger partial charge on any atom is 0.0677 e. The Balaban J connectivity index is 2.70. The minimum Gasteiger partial charge on any atom is -0.343 e. The molecule has 0 aliphatic carbocycles. The Kier molecular flexibility index (Phi) is 1.34. The summed E-state index contributed by atoms with van der Waals surface area (Å²) in [5.74, 6) is 1.01. The Morgan fingerprint density at radius 1 is 1.62 bits per heavy atom. The molecule has 8 heavy (non-hydrogen) atoms. The zero-order chi connectivity index (χ0) is 6.15. The van der Waals surface area contributed by atoms with Crippen molar-refractivity contribution in [3.05, 3.63) is 23.9 Å². The van der Waals surface area contributed by atoms with Crippen molar-refractivity contribution < 1.29 is 0 Å². The summed E-state index contributed by atoms with van der Waals surface area (Å²) in [5.41, 5.74) is 1.15. The lowest BCUT2D eigenvalue weighted by molar-refractivity contribution is 0.580. The van der Waals surface area contributed by atoms with Gasteiger partial charge in [-0.2, -0.15) is 0 Å².